The topological polar surface area (TPSA) is 91.3 Å². The minimum atomic E-state index is -0.950. The Hall–Kier alpha value is -2.63. The number of pyridine rings is 1. The Kier molecular flexibility index (Phi) is 4.14. The summed E-state index contributed by atoms with van der Waals surface area (Å²) in [6, 6.07) is 6.45. The van der Waals surface area contributed by atoms with Crippen molar-refractivity contribution in [1.82, 2.24) is 10.3 Å². The van der Waals surface area contributed by atoms with E-state index in [4.69, 9.17) is 5.11 Å². The standard InChI is InChI=1S/C14H15N3O3/c1-9(7-13(18)19)16-14(20)17-12-4-2-3-10-8-15-6-5-11(10)12/h2-6,8-9H,7H2,1H3,(H,18,19)(H2,16,17,20). The number of anilines is 1. The van der Waals surface area contributed by atoms with Crippen molar-refractivity contribution in [3.8, 4) is 0 Å². The van der Waals surface area contributed by atoms with E-state index in [9.17, 15) is 9.59 Å². The van der Waals surface area contributed by atoms with Crippen LogP contribution < -0.4 is 10.6 Å². The first kappa shape index (κ1) is 13.8. The van der Waals surface area contributed by atoms with Gasteiger partial charge in [0.2, 0.25) is 0 Å². The van der Waals surface area contributed by atoms with Crippen molar-refractivity contribution in [3.05, 3.63) is 36.7 Å². The lowest BCUT2D eigenvalue weighted by atomic mass is 10.1. The molecule has 20 heavy (non-hydrogen) atoms. The lowest BCUT2D eigenvalue weighted by Gasteiger charge is -2.13. The third kappa shape index (κ3) is 3.44. The minimum Gasteiger partial charge on any atom is -0.481 e. The quantitative estimate of drug-likeness (QED) is 0.796. The molecule has 0 aliphatic carbocycles. The number of hydrogen-bond acceptors (Lipinski definition) is 3. The average Bonchev–Trinajstić information content (AvgIpc) is 2.38. The first-order chi connectivity index (χ1) is 9.56. The molecule has 0 saturated heterocycles. The highest BCUT2D eigenvalue weighted by Crippen LogP contribution is 2.21. The Labute approximate surface area is 115 Å². The summed E-state index contributed by atoms with van der Waals surface area (Å²) in [5.74, 6) is -0.950. The van der Waals surface area contributed by atoms with Gasteiger partial charge >= 0.3 is 12.0 Å². The van der Waals surface area contributed by atoms with E-state index in [1.54, 1.807) is 25.4 Å². The van der Waals surface area contributed by atoms with Crippen molar-refractivity contribution >= 4 is 28.5 Å². The molecule has 1 heterocycles. The second-order valence-corrected chi connectivity index (χ2v) is 4.50. The van der Waals surface area contributed by atoms with Crippen LogP contribution in [0.5, 0.6) is 0 Å². The third-order valence-electron chi connectivity index (χ3n) is 2.79. The van der Waals surface area contributed by atoms with Gasteiger partial charge in [0.25, 0.3) is 0 Å². The predicted molar refractivity (Wildman–Crippen MR) is 75.6 cm³/mol. The summed E-state index contributed by atoms with van der Waals surface area (Å²) in [7, 11) is 0. The number of nitrogens with zero attached hydrogens (tertiary/aromatic N) is 1. The van der Waals surface area contributed by atoms with Crippen molar-refractivity contribution < 1.29 is 14.7 Å². The van der Waals surface area contributed by atoms with Gasteiger partial charge in [-0.25, -0.2) is 4.79 Å². The van der Waals surface area contributed by atoms with Crippen molar-refractivity contribution in [2.45, 2.75) is 19.4 Å². The first-order valence-electron chi connectivity index (χ1n) is 6.18. The van der Waals surface area contributed by atoms with Gasteiger partial charge in [-0.1, -0.05) is 12.1 Å². The highest BCUT2D eigenvalue weighted by molar-refractivity contribution is 6.01. The van der Waals surface area contributed by atoms with Gasteiger partial charge in [0.1, 0.15) is 0 Å². The molecule has 0 aliphatic rings. The molecule has 104 valence electrons. The number of amides is 2. The van der Waals surface area contributed by atoms with Crippen LogP contribution in [0, 0.1) is 0 Å². The van der Waals surface area contributed by atoms with E-state index in [1.807, 2.05) is 18.2 Å². The smallest absolute Gasteiger partial charge is 0.319 e. The highest BCUT2D eigenvalue weighted by atomic mass is 16.4. The largest absolute Gasteiger partial charge is 0.481 e. The fourth-order valence-electron chi connectivity index (χ4n) is 1.93. The summed E-state index contributed by atoms with van der Waals surface area (Å²) in [4.78, 5) is 26.4. The van der Waals surface area contributed by atoms with Gasteiger partial charge in [-0.05, 0) is 19.1 Å². The monoisotopic (exact) mass is 273 g/mol. The minimum absolute atomic E-state index is 0.118. The summed E-state index contributed by atoms with van der Waals surface area (Å²) < 4.78 is 0. The molecule has 2 aromatic rings. The van der Waals surface area contributed by atoms with Crippen LogP contribution in [0.2, 0.25) is 0 Å². The van der Waals surface area contributed by atoms with Gasteiger partial charge in [0, 0.05) is 29.2 Å². The molecule has 2 rings (SSSR count). The number of urea groups is 1. The van der Waals surface area contributed by atoms with Crippen LogP contribution in [0.1, 0.15) is 13.3 Å². The Morgan fingerprint density at radius 1 is 1.35 bits per heavy atom. The molecule has 3 N–H and O–H groups in total. The zero-order valence-electron chi connectivity index (χ0n) is 11.0. The zero-order valence-corrected chi connectivity index (χ0v) is 11.0. The van der Waals surface area contributed by atoms with E-state index < -0.39 is 18.0 Å². The molecule has 1 unspecified atom stereocenters. The number of aromatic nitrogens is 1. The maximum atomic E-state index is 11.8. The molecule has 0 fully saturated rings. The normalized spacial score (nSPS) is 11.8. The molecular formula is C14H15N3O3. The van der Waals surface area contributed by atoms with E-state index in [0.717, 1.165) is 10.8 Å². The van der Waals surface area contributed by atoms with Crippen molar-refractivity contribution in [2.24, 2.45) is 0 Å². The zero-order chi connectivity index (χ0) is 14.5. The van der Waals surface area contributed by atoms with Crippen LogP contribution in [0.4, 0.5) is 10.5 Å². The van der Waals surface area contributed by atoms with Crippen LogP contribution in [0.25, 0.3) is 10.8 Å². The van der Waals surface area contributed by atoms with Crippen molar-refractivity contribution in [2.75, 3.05) is 5.32 Å². The van der Waals surface area contributed by atoms with E-state index in [0.29, 0.717) is 5.69 Å². The Morgan fingerprint density at radius 3 is 2.90 bits per heavy atom. The maximum absolute atomic E-state index is 11.8. The molecule has 1 atom stereocenters. The van der Waals surface area contributed by atoms with E-state index in [2.05, 4.69) is 15.6 Å². The number of benzene rings is 1. The molecule has 2 amide bonds. The van der Waals surface area contributed by atoms with Gasteiger partial charge in [-0.3, -0.25) is 9.78 Å². The molecule has 0 bridgehead atoms. The van der Waals surface area contributed by atoms with Gasteiger partial charge in [0.05, 0.1) is 12.1 Å². The lowest BCUT2D eigenvalue weighted by molar-refractivity contribution is -0.137. The first-order valence-corrected chi connectivity index (χ1v) is 6.18. The number of carboxylic acid groups (broad SMARTS) is 1. The lowest BCUT2D eigenvalue weighted by Crippen LogP contribution is -2.37. The molecule has 0 saturated carbocycles. The van der Waals surface area contributed by atoms with Crippen LogP contribution >= 0.6 is 0 Å². The van der Waals surface area contributed by atoms with Crippen LogP contribution in [0.15, 0.2) is 36.7 Å². The van der Waals surface area contributed by atoms with Gasteiger partial charge in [-0.15, -0.1) is 0 Å². The molecule has 0 radical (unpaired) electrons. The summed E-state index contributed by atoms with van der Waals surface area (Å²) in [6.45, 7) is 1.64. The molecular weight excluding hydrogens is 258 g/mol. The summed E-state index contributed by atoms with van der Waals surface area (Å²) >= 11 is 0. The summed E-state index contributed by atoms with van der Waals surface area (Å²) in [5.41, 5.74) is 0.657. The number of aliphatic carboxylic acids is 1. The highest BCUT2D eigenvalue weighted by Gasteiger charge is 2.11. The Bertz CT molecular complexity index is 637. The SMILES string of the molecule is CC(CC(=O)O)NC(=O)Nc1cccc2cnccc12. The van der Waals surface area contributed by atoms with Crippen LogP contribution in [0.3, 0.4) is 0 Å². The molecule has 0 spiro atoms. The predicted octanol–water partition coefficient (Wildman–Crippen LogP) is 2.22. The number of hydrogen-bond donors (Lipinski definition) is 3. The molecule has 1 aromatic carbocycles. The Morgan fingerprint density at radius 2 is 2.15 bits per heavy atom. The number of carboxylic acids is 1. The second-order valence-electron chi connectivity index (χ2n) is 4.50. The van der Waals surface area contributed by atoms with Crippen molar-refractivity contribution in [3.63, 3.8) is 0 Å². The number of carbonyl (C=O) groups excluding carboxylic acids is 1. The van der Waals surface area contributed by atoms with Crippen LogP contribution in [-0.2, 0) is 4.79 Å². The third-order valence-corrected chi connectivity index (χ3v) is 2.79. The fourth-order valence-corrected chi connectivity index (χ4v) is 1.93. The van der Waals surface area contributed by atoms with Gasteiger partial charge < -0.3 is 15.7 Å². The number of fused-ring (bicyclic) bond motifs is 1. The number of rotatable bonds is 4. The maximum Gasteiger partial charge on any atom is 0.319 e. The molecule has 6 nitrogen and oxygen atoms in total. The molecule has 0 aliphatic heterocycles. The van der Waals surface area contributed by atoms with Gasteiger partial charge in [-0.2, -0.15) is 0 Å². The number of nitrogens with one attached hydrogen (secondary N) is 2. The Balaban J connectivity index is 2.08. The van der Waals surface area contributed by atoms with Gasteiger partial charge in [0.15, 0.2) is 0 Å². The van der Waals surface area contributed by atoms with E-state index >= 15 is 0 Å². The summed E-state index contributed by atoms with van der Waals surface area (Å²) in [6.07, 6.45) is 3.25. The van der Waals surface area contributed by atoms with E-state index in [1.165, 1.54) is 0 Å². The molecule has 6 heteroatoms. The summed E-state index contributed by atoms with van der Waals surface area (Å²) in [5, 5.41) is 15.7. The fraction of sp³-hybridized carbons (Fsp3) is 0.214. The van der Waals surface area contributed by atoms with E-state index in [-0.39, 0.29) is 6.42 Å². The van der Waals surface area contributed by atoms with Crippen LogP contribution in [-0.4, -0.2) is 28.1 Å². The average molecular weight is 273 g/mol. The number of carbonyl (C=O) groups is 2. The van der Waals surface area contributed by atoms with Crippen molar-refractivity contribution in [1.29, 1.82) is 0 Å². The second kappa shape index (κ2) is 6.01. The molecule has 1 aromatic heterocycles.